The Hall–Kier alpha value is -1.18. The summed E-state index contributed by atoms with van der Waals surface area (Å²) in [5.41, 5.74) is 1.92. The zero-order valence-corrected chi connectivity index (χ0v) is 11.9. The van der Waals surface area contributed by atoms with E-state index in [1.807, 2.05) is 0 Å². The summed E-state index contributed by atoms with van der Waals surface area (Å²) in [4.78, 5) is 0.242. The van der Waals surface area contributed by atoms with Crippen molar-refractivity contribution < 1.29 is 8.42 Å². The Morgan fingerprint density at radius 1 is 1.33 bits per heavy atom. The number of fused-ring (bicyclic) bond motifs is 1. The molecule has 1 aliphatic rings. The molecule has 0 unspecified atom stereocenters. The van der Waals surface area contributed by atoms with E-state index in [2.05, 4.69) is 9.50 Å². The van der Waals surface area contributed by atoms with Gasteiger partial charge in [-0.05, 0) is 13.8 Å². The molecular weight excluding hydrogens is 294 g/mol. The van der Waals surface area contributed by atoms with Gasteiger partial charge < -0.3 is 0 Å². The molecule has 5 nitrogen and oxygen atoms in total. The van der Waals surface area contributed by atoms with Crippen LogP contribution in [0.15, 0.2) is 20.1 Å². The van der Waals surface area contributed by atoms with Crippen molar-refractivity contribution in [3.8, 4) is 0 Å². The molecule has 0 aliphatic carbocycles. The predicted molar refractivity (Wildman–Crippen MR) is 70.2 cm³/mol. The average molecular weight is 302 g/mol. The summed E-state index contributed by atoms with van der Waals surface area (Å²) in [6.45, 7) is 3.55. The first kappa shape index (κ1) is 11.9. The standard InChI is InChI=1S/C10H8ClN3O2S2/c1-5-9(11)6(2)14(12-5)10-7-3-17-4-8(7)18(15,16)13-10/h3-4H,1-2H3. The van der Waals surface area contributed by atoms with Crippen LogP contribution in [0.25, 0.3) is 0 Å². The highest BCUT2D eigenvalue weighted by atomic mass is 35.5. The van der Waals surface area contributed by atoms with Gasteiger partial charge in [0.25, 0.3) is 10.0 Å². The quantitative estimate of drug-likeness (QED) is 0.749. The summed E-state index contributed by atoms with van der Waals surface area (Å²) in [6.07, 6.45) is 0. The van der Waals surface area contributed by atoms with E-state index in [0.717, 1.165) is 0 Å². The van der Waals surface area contributed by atoms with Gasteiger partial charge in [-0.3, -0.25) is 0 Å². The lowest BCUT2D eigenvalue weighted by molar-refractivity contribution is 0.599. The number of halogens is 1. The second kappa shape index (κ2) is 3.66. The molecule has 0 radical (unpaired) electrons. The van der Waals surface area contributed by atoms with Crippen molar-refractivity contribution in [2.24, 2.45) is 4.40 Å². The molecule has 1 aliphatic heterocycles. The minimum absolute atomic E-state index is 0.242. The topological polar surface area (TPSA) is 64.3 Å². The van der Waals surface area contributed by atoms with Crippen LogP contribution in [-0.2, 0) is 10.0 Å². The molecule has 0 amide bonds. The lowest BCUT2D eigenvalue weighted by Gasteiger charge is -2.01. The van der Waals surface area contributed by atoms with Crippen molar-refractivity contribution >= 4 is 38.8 Å². The van der Waals surface area contributed by atoms with Crippen LogP contribution < -0.4 is 0 Å². The van der Waals surface area contributed by atoms with Crippen LogP contribution in [0.4, 0.5) is 0 Å². The van der Waals surface area contributed by atoms with Crippen molar-refractivity contribution in [2.75, 3.05) is 0 Å². The largest absolute Gasteiger partial charge is 0.285 e. The summed E-state index contributed by atoms with van der Waals surface area (Å²) < 4.78 is 28.9. The van der Waals surface area contributed by atoms with E-state index >= 15 is 0 Å². The van der Waals surface area contributed by atoms with Crippen LogP contribution in [-0.4, -0.2) is 24.0 Å². The second-order valence-electron chi connectivity index (χ2n) is 3.94. The van der Waals surface area contributed by atoms with Gasteiger partial charge in [-0.25, -0.2) is 4.68 Å². The van der Waals surface area contributed by atoms with Gasteiger partial charge in [-0.2, -0.15) is 24.9 Å². The maximum absolute atomic E-state index is 11.8. The Labute approximate surface area is 113 Å². The van der Waals surface area contributed by atoms with E-state index in [-0.39, 0.29) is 4.90 Å². The maximum atomic E-state index is 11.8. The zero-order chi connectivity index (χ0) is 13.1. The first-order valence-electron chi connectivity index (χ1n) is 5.05. The lowest BCUT2D eigenvalue weighted by Crippen LogP contribution is -2.14. The van der Waals surface area contributed by atoms with Gasteiger partial charge in [0.05, 0.1) is 22.0 Å². The van der Waals surface area contributed by atoms with Gasteiger partial charge >= 0.3 is 0 Å². The fourth-order valence-electron chi connectivity index (χ4n) is 1.84. The number of aromatic nitrogens is 2. The summed E-state index contributed by atoms with van der Waals surface area (Å²) in [7, 11) is -3.59. The number of sulfonamides is 1. The second-order valence-corrected chi connectivity index (χ2v) is 6.63. The average Bonchev–Trinajstić information content (AvgIpc) is 2.93. The van der Waals surface area contributed by atoms with Crippen LogP contribution in [0.5, 0.6) is 0 Å². The Morgan fingerprint density at radius 2 is 2.06 bits per heavy atom. The number of hydrogen-bond donors (Lipinski definition) is 0. The number of hydrogen-bond acceptors (Lipinski definition) is 4. The zero-order valence-electron chi connectivity index (χ0n) is 9.51. The number of nitrogens with zero attached hydrogens (tertiary/aromatic N) is 3. The van der Waals surface area contributed by atoms with Crippen molar-refractivity contribution in [3.05, 3.63) is 32.7 Å². The summed E-state index contributed by atoms with van der Waals surface area (Å²) in [6, 6.07) is 0. The van der Waals surface area contributed by atoms with Crippen molar-refractivity contribution in [2.45, 2.75) is 18.7 Å². The van der Waals surface area contributed by atoms with E-state index < -0.39 is 10.0 Å². The summed E-state index contributed by atoms with van der Waals surface area (Å²) in [5.74, 6) is 0.318. The molecule has 0 atom stereocenters. The SMILES string of the molecule is Cc1nn(C2=NS(=O)(=O)c3cscc32)c(C)c1Cl. The Kier molecular flexibility index (Phi) is 2.42. The molecule has 3 rings (SSSR count). The highest BCUT2D eigenvalue weighted by Crippen LogP contribution is 2.31. The van der Waals surface area contributed by atoms with Crippen LogP contribution in [0.1, 0.15) is 17.0 Å². The van der Waals surface area contributed by atoms with Crippen LogP contribution in [0.3, 0.4) is 0 Å². The molecule has 0 fully saturated rings. The summed E-state index contributed by atoms with van der Waals surface area (Å²) >= 11 is 7.39. The molecule has 3 heterocycles. The first-order valence-corrected chi connectivity index (χ1v) is 7.81. The molecule has 2 aromatic rings. The highest BCUT2D eigenvalue weighted by Gasteiger charge is 2.32. The molecule has 0 bridgehead atoms. The van der Waals surface area contributed by atoms with Gasteiger partial charge in [0.1, 0.15) is 4.90 Å². The molecular formula is C10H8ClN3O2S2. The third kappa shape index (κ3) is 1.47. The third-order valence-corrected chi connectivity index (χ3v) is 5.50. The van der Waals surface area contributed by atoms with E-state index in [1.165, 1.54) is 16.0 Å². The van der Waals surface area contributed by atoms with E-state index in [9.17, 15) is 8.42 Å². The molecule has 18 heavy (non-hydrogen) atoms. The van der Waals surface area contributed by atoms with Gasteiger partial charge in [0, 0.05) is 10.8 Å². The molecule has 0 saturated heterocycles. The molecule has 94 valence electrons. The summed E-state index contributed by atoms with van der Waals surface area (Å²) in [5, 5.41) is 8.09. The number of thiophene rings is 1. The van der Waals surface area contributed by atoms with Crippen molar-refractivity contribution in [1.82, 2.24) is 9.78 Å². The molecule has 2 aromatic heterocycles. The molecule has 0 saturated carbocycles. The normalized spacial score (nSPS) is 16.7. The molecule has 8 heteroatoms. The molecule has 0 aromatic carbocycles. The number of aryl methyl sites for hydroxylation is 1. The lowest BCUT2D eigenvalue weighted by atomic mass is 10.3. The third-order valence-electron chi connectivity index (χ3n) is 2.76. The van der Waals surface area contributed by atoms with Crippen LogP contribution in [0.2, 0.25) is 5.02 Å². The minimum atomic E-state index is -3.59. The molecule has 0 N–H and O–H groups in total. The predicted octanol–water partition coefficient (Wildman–Crippen LogP) is 2.21. The van der Waals surface area contributed by atoms with E-state index in [0.29, 0.717) is 27.8 Å². The monoisotopic (exact) mass is 301 g/mol. The van der Waals surface area contributed by atoms with Crippen LogP contribution in [0, 0.1) is 13.8 Å². The Bertz CT molecular complexity index is 786. The smallest absolute Gasteiger partial charge is 0.216 e. The van der Waals surface area contributed by atoms with Crippen molar-refractivity contribution in [1.29, 1.82) is 0 Å². The van der Waals surface area contributed by atoms with Crippen LogP contribution >= 0.6 is 22.9 Å². The minimum Gasteiger partial charge on any atom is -0.216 e. The number of rotatable bonds is 0. The van der Waals surface area contributed by atoms with Gasteiger partial charge in [-0.15, -0.1) is 4.40 Å². The van der Waals surface area contributed by atoms with Gasteiger partial charge in [0.2, 0.25) is 0 Å². The van der Waals surface area contributed by atoms with Gasteiger partial charge in [-0.1, -0.05) is 11.6 Å². The highest BCUT2D eigenvalue weighted by molar-refractivity contribution is 7.91. The van der Waals surface area contributed by atoms with Gasteiger partial charge in [0.15, 0.2) is 5.84 Å². The Balaban J connectivity index is 2.30. The maximum Gasteiger partial charge on any atom is 0.285 e. The molecule has 0 spiro atoms. The van der Waals surface area contributed by atoms with E-state index in [4.69, 9.17) is 11.6 Å². The van der Waals surface area contributed by atoms with E-state index in [1.54, 1.807) is 24.6 Å². The Morgan fingerprint density at radius 3 is 2.67 bits per heavy atom. The fraction of sp³-hybridized carbons (Fsp3) is 0.200. The first-order chi connectivity index (χ1) is 8.42. The fourth-order valence-corrected chi connectivity index (χ4v) is 4.31. The van der Waals surface area contributed by atoms with Crippen molar-refractivity contribution in [3.63, 3.8) is 0 Å².